The minimum atomic E-state index is -2.50. The summed E-state index contributed by atoms with van der Waals surface area (Å²) in [6, 6.07) is 0.155. The molecule has 0 atom stereocenters. The van der Waals surface area contributed by atoms with Crippen molar-refractivity contribution >= 4 is 33.7 Å². The number of nitrogens with one attached hydrogen (secondary N) is 2. The van der Waals surface area contributed by atoms with Crippen molar-refractivity contribution in [2.75, 3.05) is 18.4 Å². The second kappa shape index (κ2) is 10.1. The van der Waals surface area contributed by atoms with E-state index in [2.05, 4.69) is 20.5 Å². The molecule has 5 rings (SSSR count). The van der Waals surface area contributed by atoms with E-state index >= 15 is 0 Å². The maximum absolute atomic E-state index is 13.1. The largest absolute Gasteiger partial charge is 0.358 e. The number of thiazole rings is 2. The normalized spacial score (nSPS) is 24.9. The highest BCUT2D eigenvalue weighted by molar-refractivity contribution is 7.15. The average Bonchev–Trinajstić information content (AvgIpc) is 3.36. The van der Waals surface area contributed by atoms with Gasteiger partial charge in [0.2, 0.25) is 5.91 Å². The fraction of sp³-hybridized carbons (Fsp3) is 0.708. The molecular weight excluding hydrogens is 476 g/mol. The monoisotopic (exact) mass is 509 g/mol. The van der Waals surface area contributed by atoms with Crippen LogP contribution in [0.1, 0.15) is 65.4 Å². The standard InChI is InChI=1S/C24H33F2N5OS2/c1-15-27-13-19(33-15)10-22(32)28-17-4-2-16(3-5-17)6-8-31-9-7-21-20(14-31)30-23(34-21)29-18-11-24(25,26)12-18/h13,16-18H,2-12,14H2,1H3,(H,28,32)(H,29,30). The number of aryl methyl sites for hydroxylation is 1. The molecule has 2 aromatic rings. The van der Waals surface area contributed by atoms with Gasteiger partial charge in [-0.2, -0.15) is 0 Å². The number of hydrogen-bond acceptors (Lipinski definition) is 7. The number of alkyl halides is 2. The van der Waals surface area contributed by atoms with E-state index in [0.29, 0.717) is 18.4 Å². The van der Waals surface area contributed by atoms with Crippen molar-refractivity contribution in [3.8, 4) is 0 Å². The smallest absolute Gasteiger partial charge is 0.252 e. The number of carbonyl (C=O) groups excluding carboxylic acids is 1. The summed E-state index contributed by atoms with van der Waals surface area (Å²) in [5.74, 6) is -1.68. The van der Waals surface area contributed by atoms with E-state index in [4.69, 9.17) is 4.98 Å². The van der Waals surface area contributed by atoms with Crippen LogP contribution in [0.15, 0.2) is 6.20 Å². The number of hydrogen-bond donors (Lipinski definition) is 2. The highest BCUT2D eigenvalue weighted by Crippen LogP contribution is 2.40. The van der Waals surface area contributed by atoms with Gasteiger partial charge in [0.15, 0.2) is 5.13 Å². The summed E-state index contributed by atoms with van der Waals surface area (Å²) in [7, 11) is 0. The van der Waals surface area contributed by atoms with Gasteiger partial charge in [0.25, 0.3) is 5.92 Å². The molecule has 1 amide bonds. The average molecular weight is 510 g/mol. The van der Waals surface area contributed by atoms with Crippen LogP contribution in [0.25, 0.3) is 0 Å². The molecule has 2 aliphatic carbocycles. The summed E-state index contributed by atoms with van der Waals surface area (Å²) in [5.41, 5.74) is 1.12. The topological polar surface area (TPSA) is 70.2 Å². The van der Waals surface area contributed by atoms with Crippen LogP contribution in [0, 0.1) is 12.8 Å². The van der Waals surface area contributed by atoms with Gasteiger partial charge in [-0.3, -0.25) is 9.69 Å². The first kappa shape index (κ1) is 24.1. The van der Waals surface area contributed by atoms with Crippen molar-refractivity contribution in [2.24, 2.45) is 5.92 Å². The minimum absolute atomic E-state index is 0.0822. The highest BCUT2D eigenvalue weighted by Gasteiger charge is 2.45. The molecule has 2 aromatic heterocycles. The zero-order valence-electron chi connectivity index (χ0n) is 19.6. The Kier molecular flexibility index (Phi) is 7.18. The Labute approximate surface area is 207 Å². The number of carbonyl (C=O) groups is 1. The van der Waals surface area contributed by atoms with Crippen LogP contribution in [0.5, 0.6) is 0 Å². The lowest BCUT2D eigenvalue weighted by molar-refractivity contribution is -0.121. The van der Waals surface area contributed by atoms with Crippen molar-refractivity contribution in [3.63, 3.8) is 0 Å². The summed E-state index contributed by atoms with van der Waals surface area (Å²) in [6.07, 6.45) is 8.70. The molecule has 3 aliphatic rings. The third kappa shape index (κ3) is 6.12. The van der Waals surface area contributed by atoms with E-state index in [9.17, 15) is 13.6 Å². The van der Waals surface area contributed by atoms with Crippen molar-refractivity contribution in [2.45, 2.75) is 89.3 Å². The maximum Gasteiger partial charge on any atom is 0.252 e. The molecule has 0 unspecified atom stereocenters. The fourth-order valence-electron chi connectivity index (χ4n) is 5.33. The van der Waals surface area contributed by atoms with Gasteiger partial charge in [-0.05, 0) is 57.9 Å². The van der Waals surface area contributed by atoms with Crippen LogP contribution in [-0.2, 0) is 24.2 Å². The van der Waals surface area contributed by atoms with Crippen LogP contribution in [0.2, 0.25) is 0 Å². The van der Waals surface area contributed by atoms with Crippen LogP contribution in [-0.4, -0.2) is 51.9 Å². The van der Waals surface area contributed by atoms with E-state index < -0.39 is 5.92 Å². The van der Waals surface area contributed by atoms with Crippen LogP contribution in [0.4, 0.5) is 13.9 Å². The third-order valence-corrected chi connectivity index (χ3v) is 9.30. The van der Waals surface area contributed by atoms with E-state index in [1.54, 1.807) is 28.9 Å². The Bertz CT molecular complexity index is 993. The molecule has 2 N–H and O–H groups in total. The Morgan fingerprint density at radius 3 is 2.71 bits per heavy atom. The second-order valence-corrected chi connectivity index (χ2v) is 12.5. The van der Waals surface area contributed by atoms with Gasteiger partial charge in [-0.15, -0.1) is 22.7 Å². The Morgan fingerprint density at radius 2 is 2.00 bits per heavy atom. The molecule has 34 heavy (non-hydrogen) atoms. The summed E-state index contributed by atoms with van der Waals surface area (Å²) in [5, 5.41) is 8.22. The maximum atomic E-state index is 13.1. The Morgan fingerprint density at radius 1 is 1.21 bits per heavy atom. The predicted molar refractivity (Wildman–Crippen MR) is 132 cm³/mol. The van der Waals surface area contributed by atoms with Gasteiger partial charge in [0.1, 0.15) is 0 Å². The Balaban J connectivity index is 1.00. The first-order chi connectivity index (χ1) is 16.3. The highest BCUT2D eigenvalue weighted by atomic mass is 32.1. The van der Waals surface area contributed by atoms with E-state index in [0.717, 1.165) is 59.6 Å². The molecule has 0 bridgehead atoms. The molecular formula is C24H33F2N5OS2. The van der Waals surface area contributed by atoms with Crippen LogP contribution in [0.3, 0.4) is 0 Å². The first-order valence-corrected chi connectivity index (χ1v) is 14.0. The molecule has 2 saturated carbocycles. The molecule has 6 nitrogen and oxygen atoms in total. The molecule has 10 heteroatoms. The van der Waals surface area contributed by atoms with Crippen molar-refractivity contribution in [3.05, 3.63) is 26.7 Å². The van der Waals surface area contributed by atoms with E-state index in [-0.39, 0.29) is 24.8 Å². The summed E-state index contributed by atoms with van der Waals surface area (Å²) in [4.78, 5) is 26.1. The van der Waals surface area contributed by atoms with Gasteiger partial charge in [0.05, 0.1) is 17.1 Å². The number of amides is 1. The van der Waals surface area contributed by atoms with Crippen LogP contribution < -0.4 is 10.6 Å². The van der Waals surface area contributed by atoms with Gasteiger partial charge in [-0.1, -0.05) is 0 Å². The summed E-state index contributed by atoms with van der Waals surface area (Å²) >= 11 is 3.23. The lowest BCUT2D eigenvalue weighted by Gasteiger charge is -2.35. The third-order valence-electron chi connectivity index (χ3n) is 7.29. The van der Waals surface area contributed by atoms with Crippen molar-refractivity contribution in [1.82, 2.24) is 20.2 Å². The first-order valence-electron chi connectivity index (χ1n) is 12.4. The summed E-state index contributed by atoms with van der Waals surface area (Å²) in [6.45, 7) is 4.93. The molecule has 3 heterocycles. The molecule has 2 fully saturated rings. The fourth-order valence-corrected chi connectivity index (χ4v) is 7.16. The second-order valence-electron chi connectivity index (χ2n) is 10.1. The molecule has 0 spiro atoms. The lowest BCUT2D eigenvalue weighted by Crippen LogP contribution is -2.44. The zero-order valence-corrected chi connectivity index (χ0v) is 21.2. The number of halogens is 2. The quantitative estimate of drug-likeness (QED) is 0.536. The molecule has 0 radical (unpaired) electrons. The van der Waals surface area contributed by atoms with Gasteiger partial charge < -0.3 is 10.6 Å². The molecule has 1 aliphatic heterocycles. The van der Waals surface area contributed by atoms with Gasteiger partial charge >= 0.3 is 0 Å². The number of fused-ring (bicyclic) bond motifs is 1. The predicted octanol–water partition coefficient (Wildman–Crippen LogP) is 4.78. The van der Waals surface area contributed by atoms with E-state index in [1.807, 2.05) is 6.92 Å². The number of nitrogens with zero attached hydrogens (tertiary/aromatic N) is 3. The van der Waals surface area contributed by atoms with Gasteiger partial charge in [0, 0.05) is 54.0 Å². The SMILES string of the molecule is Cc1ncc(CC(=O)NC2CCC(CCN3CCc4sc(NC5CC(F)(F)C5)nc4C3)CC2)s1. The molecule has 186 valence electrons. The molecule has 0 saturated heterocycles. The van der Waals surface area contributed by atoms with E-state index in [1.165, 1.54) is 24.1 Å². The zero-order chi connectivity index (χ0) is 23.7. The van der Waals surface area contributed by atoms with Crippen molar-refractivity contribution in [1.29, 1.82) is 0 Å². The van der Waals surface area contributed by atoms with Crippen LogP contribution >= 0.6 is 22.7 Å². The molecule has 0 aromatic carbocycles. The number of aromatic nitrogens is 2. The van der Waals surface area contributed by atoms with Crippen molar-refractivity contribution < 1.29 is 13.6 Å². The number of anilines is 1. The van der Waals surface area contributed by atoms with Gasteiger partial charge in [-0.25, -0.2) is 18.7 Å². The lowest BCUT2D eigenvalue weighted by atomic mass is 9.84. The minimum Gasteiger partial charge on any atom is -0.358 e. The Hall–Kier alpha value is -1.65. The summed E-state index contributed by atoms with van der Waals surface area (Å²) < 4.78 is 26.2. The number of rotatable bonds is 8.